The number of nitrogens with two attached hydrogens (primary N) is 1. The number of piperidine rings is 1. The first-order valence-electron chi connectivity index (χ1n) is 8.26. The summed E-state index contributed by atoms with van der Waals surface area (Å²) in [6, 6.07) is 7.69. The molecule has 1 aliphatic rings. The molecule has 25 heavy (non-hydrogen) atoms. The summed E-state index contributed by atoms with van der Waals surface area (Å²) in [5.74, 6) is 0.790. The zero-order chi connectivity index (χ0) is 17.0. The third-order valence-corrected chi connectivity index (χ3v) is 4.40. The van der Waals surface area contributed by atoms with E-state index < -0.39 is 6.04 Å². The molecule has 0 spiro atoms. The van der Waals surface area contributed by atoms with Gasteiger partial charge in [0.05, 0.1) is 13.2 Å². The highest BCUT2D eigenvalue weighted by Gasteiger charge is 2.30. The summed E-state index contributed by atoms with van der Waals surface area (Å²) in [5, 5.41) is 3.12. The Hall–Kier alpha value is -1.17. The van der Waals surface area contributed by atoms with Crippen molar-refractivity contribution in [1.82, 2.24) is 5.32 Å². The molecule has 1 fully saturated rings. The van der Waals surface area contributed by atoms with E-state index in [1.807, 2.05) is 39.0 Å². The molecule has 1 aliphatic heterocycles. The van der Waals surface area contributed by atoms with Crippen LogP contribution in [0.15, 0.2) is 24.3 Å². The van der Waals surface area contributed by atoms with Gasteiger partial charge in [0.1, 0.15) is 5.75 Å². The third kappa shape index (κ3) is 6.57. The first-order chi connectivity index (χ1) is 10.8. The highest BCUT2D eigenvalue weighted by molar-refractivity contribution is 5.85. The predicted molar refractivity (Wildman–Crippen MR) is 108 cm³/mol. The smallest absolute Gasteiger partial charge is 0.237 e. The van der Waals surface area contributed by atoms with Crippen LogP contribution in [0.2, 0.25) is 0 Å². The summed E-state index contributed by atoms with van der Waals surface area (Å²) in [6.07, 6.45) is 2.04. The highest BCUT2D eigenvalue weighted by Crippen LogP contribution is 2.24. The number of nitrogens with one attached hydrogen (secondary N) is 1. The van der Waals surface area contributed by atoms with Crippen LogP contribution in [0.4, 0.5) is 5.69 Å². The lowest BCUT2D eigenvalue weighted by molar-refractivity contribution is -0.125. The molecule has 3 N–H and O–H groups in total. The van der Waals surface area contributed by atoms with Crippen molar-refractivity contribution in [3.8, 4) is 5.75 Å². The van der Waals surface area contributed by atoms with Gasteiger partial charge >= 0.3 is 0 Å². The normalized spacial score (nSPS) is 18.4. The highest BCUT2D eigenvalue weighted by atomic mass is 35.5. The Morgan fingerprint density at radius 1 is 1.36 bits per heavy atom. The molecular formula is C18H31Cl2N3O2. The molecule has 2 atom stereocenters. The van der Waals surface area contributed by atoms with Gasteiger partial charge in [-0.2, -0.15) is 0 Å². The van der Waals surface area contributed by atoms with Crippen molar-refractivity contribution in [2.24, 2.45) is 11.1 Å². The Morgan fingerprint density at radius 2 is 2.04 bits per heavy atom. The Balaban J connectivity index is 0.00000288. The van der Waals surface area contributed by atoms with Crippen LogP contribution in [0.25, 0.3) is 0 Å². The number of hydrogen-bond acceptors (Lipinski definition) is 4. The molecule has 0 saturated carbocycles. The van der Waals surface area contributed by atoms with Crippen LogP contribution in [-0.2, 0) is 4.79 Å². The van der Waals surface area contributed by atoms with E-state index in [0.717, 1.165) is 37.4 Å². The zero-order valence-electron chi connectivity index (χ0n) is 15.5. The lowest BCUT2D eigenvalue weighted by Crippen LogP contribution is -2.55. The van der Waals surface area contributed by atoms with Crippen LogP contribution in [0.5, 0.6) is 5.75 Å². The zero-order valence-corrected chi connectivity index (χ0v) is 17.1. The summed E-state index contributed by atoms with van der Waals surface area (Å²) in [4.78, 5) is 14.6. The van der Waals surface area contributed by atoms with Crippen molar-refractivity contribution >= 4 is 36.4 Å². The number of halogens is 2. The number of nitrogens with zero attached hydrogens (tertiary/aromatic N) is 1. The second-order valence-electron chi connectivity index (χ2n) is 7.34. The average molecular weight is 392 g/mol. The van der Waals surface area contributed by atoms with Gasteiger partial charge in [0, 0.05) is 30.9 Å². The minimum Gasteiger partial charge on any atom is -0.497 e. The molecule has 1 unspecified atom stereocenters. The van der Waals surface area contributed by atoms with Crippen molar-refractivity contribution in [3.63, 3.8) is 0 Å². The largest absolute Gasteiger partial charge is 0.497 e. The molecular weight excluding hydrogens is 361 g/mol. The predicted octanol–water partition coefficient (Wildman–Crippen LogP) is 3.00. The van der Waals surface area contributed by atoms with Crippen LogP contribution in [0.1, 0.15) is 33.6 Å². The van der Waals surface area contributed by atoms with Crippen LogP contribution in [-0.4, -0.2) is 38.2 Å². The second kappa shape index (κ2) is 10.1. The molecule has 7 heteroatoms. The molecule has 1 saturated heterocycles. The van der Waals surface area contributed by atoms with Gasteiger partial charge in [0.15, 0.2) is 0 Å². The standard InChI is InChI=1S/C18H29N3O2.2ClH/c1-18(2,3)16(19)17(22)20-13-7-6-10-21(12-13)14-8-5-9-15(11-14)23-4;;/h5,8-9,11,13,16H,6-7,10,12,19H2,1-4H3,(H,20,22);2*1H/t13?,16-;;/m1../s1. The molecule has 0 aliphatic carbocycles. The van der Waals surface area contributed by atoms with Crippen LogP contribution < -0.4 is 20.7 Å². The minimum absolute atomic E-state index is 0. The number of rotatable bonds is 4. The number of carbonyl (C=O) groups excluding carboxylic acids is 1. The van der Waals surface area contributed by atoms with Gasteiger partial charge in [-0.1, -0.05) is 26.8 Å². The van der Waals surface area contributed by atoms with Crippen molar-refractivity contribution in [2.75, 3.05) is 25.1 Å². The number of hydrogen-bond donors (Lipinski definition) is 2. The fraction of sp³-hybridized carbons (Fsp3) is 0.611. The van der Waals surface area contributed by atoms with Crippen LogP contribution >= 0.6 is 24.8 Å². The average Bonchev–Trinajstić information content (AvgIpc) is 2.53. The molecule has 1 aromatic carbocycles. The number of carbonyl (C=O) groups is 1. The number of amides is 1. The number of anilines is 1. The van der Waals surface area contributed by atoms with Crippen molar-refractivity contribution in [1.29, 1.82) is 0 Å². The second-order valence-corrected chi connectivity index (χ2v) is 7.34. The summed E-state index contributed by atoms with van der Waals surface area (Å²) in [5.41, 5.74) is 6.95. The van der Waals surface area contributed by atoms with Crippen molar-refractivity contribution in [2.45, 2.75) is 45.7 Å². The molecule has 5 nitrogen and oxygen atoms in total. The van der Waals surface area contributed by atoms with Gasteiger partial charge in [-0.15, -0.1) is 24.8 Å². The topological polar surface area (TPSA) is 67.6 Å². The van der Waals surface area contributed by atoms with E-state index in [-0.39, 0.29) is 42.2 Å². The summed E-state index contributed by atoms with van der Waals surface area (Å²) in [7, 11) is 1.67. The van der Waals surface area contributed by atoms with Gasteiger partial charge in [-0.05, 0) is 30.4 Å². The SMILES string of the molecule is COc1cccc(N2CCCC(NC(=O)[C@@H](N)C(C)(C)C)C2)c1.Cl.Cl. The fourth-order valence-electron chi connectivity index (χ4n) is 2.82. The van der Waals surface area contributed by atoms with Crippen molar-refractivity contribution in [3.05, 3.63) is 24.3 Å². The number of ether oxygens (including phenoxy) is 1. The van der Waals surface area contributed by atoms with E-state index in [2.05, 4.69) is 16.3 Å². The number of methoxy groups -OCH3 is 1. The quantitative estimate of drug-likeness (QED) is 0.827. The molecule has 0 aromatic heterocycles. The summed E-state index contributed by atoms with van der Waals surface area (Å²) >= 11 is 0. The molecule has 0 radical (unpaired) electrons. The van der Waals surface area contributed by atoms with Gasteiger partial charge < -0.3 is 20.7 Å². The maximum atomic E-state index is 12.3. The van der Waals surface area contributed by atoms with Gasteiger partial charge in [0.2, 0.25) is 5.91 Å². The third-order valence-electron chi connectivity index (χ3n) is 4.40. The Kier molecular flexibility index (Phi) is 9.62. The van der Waals surface area contributed by atoms with E-state index in [0.29, 0.717) is 0 Å². The monoisotopic (exact) mass is 391 g/mol. The van der Waals surface area contributed by atoms with E-state index in [9.17, 15) is 4.79 Å². The fourth-order valence-corrected chi connectivity index (χ4v) is 2.82. The minimum atomic E-state index is -0.491. The molecule has 144 valence electrons. The van der Waals surface area contributed by atoms with Gasteiger partial charge in [-0.25, -0.2) is 0 Å². The van der Waals surface area contributed by atoms with Gasteiger partial charge in [0.25, 0.3) is 0 Å². The first-order valence-corrected chi connectivity index (χ1v) is 8.26. The Bertz CT molecular complexity index is 549. The van der Waals surface area contributed by atoms with Crippen LogP contribution in [0.3, 0.4) is 0 Å². The number of benzene rings is 1. The summed E-state index contributed by atoms with van der Waals surface area (Å²) < 4.78 is 5.29. The molecule has 1 aromatic rings. The van der Waals surface area contributed by atoms with E-state index in [1.165, 1.54) is 0 Å². The molecule has 0 bridgehead atoms. The summed E-state index contributed by atoms with van der Waals surface area (Å²) in [6.45, 7) is 7.75. The lowest BCUT2D eigenvalue weighted by Gasteiger charge is -2.36. The van der Waals surface area contributed by atoms with Crippen LogP contribution in [0, 0.1) is 5.41 Å². The van der Waals surface area contributed by atoms with Gasteiger partial charge in [-0.3, -0.25) is 4.79 Å². The maximum absolute atomic E-state index is 12.3. The van der Waals surface area contributed by atoms with E-state index >= 15 is 0 Å². The first kappa shape index (κ1) is 23.8. The Labute approximate surface area is 163 Å². The van der Waals surface area contributed by atoms with Crippen molar-refractivity contribution < 1.29 is 9.53 Å². The Morgan fingerprint density at radius 3 is 2.64 bits per heavy atom. The van der Waals surface area contributed by atoms with E-state index in [1.54, 1.807) is 7.11 Å². The maximum Gasteiger partial charge on any atom is 0.237 e. The van der Waals surface area contributed by atoms with E-state index in [4.69, 9.17) is 10.5 Å². The molecule has 1 amide bonds. The molecule has 1 heterocycles. The molecule has 2 rings (SSSR count). The lowest BCUT2D eigenvalue weighted by atomic mass is 9.86.